The van der Waals surface area contributed by atoms with E-state index >= 15 is 0 Å². The first-order valence-electron chi connectivity index (χ1n) is 1.84. The van der Waals surface area contributed by atoms with Crippen LogP contribution in [0.25, 0.3) is 0 Å². The number of rotatable bonds is 1. The normalized spacial score (nSPS) is 5.44. The molecular weight excluding hydrogens is 375 g/mol. The molecule has 9 heavy (non-hydrogen) atoms. The van der Waals surface area contributed by atoms with Crippen molar-refractivity contribution in [1.82, 2.24) is 0 Å². The van der Waals surface area contributed by atoms with Crippen molar-refractivity contribution >= 4 is 12.3 Å². The second kappa shape index (κ2) is 16.8. The number of nitrogens with two attached hydrogens (primary N) is 2. The van der Waals surface area contributed by atoms with Gasteiger partial charge in [-0.15, -0.1) is 6.42 Å². The van der Waals surface area contributed by atoms with Crippen molar-refractivity contribution in [3.8, 4) is 0 Å². The molecule has 50 valence electrons. The average Bonchev–Trinajstić information content (AvgIpc) is 1.69. The van der Waals surface area contributed by atoms with Crippen LogP contribution in [-0.4, -0.2) is 12.3 Å². The van der Waals surface area contributed by atoms with Gasteiger partial charge in [0, 0.05) is 0 Å². The summed E-state index contributed by atoms with van der Waals surface area (Å²) in [6.07, 6.45) is 1.19. The van der Waals surface area contributed by atoms with Crippen LogP contribution in [0.3, 0.4) is 0 Å². The smallest absolute Gasteiger partial charge is 0.187 e. The molecule has 0 aromatic heterocycles. The summed E-state index contributed by atoms with van der Waals surface area (Å²) in [5.74, 6) is -0.356. The van der Waals surface area contributed by atoms with E-state index in [2.05, 4.69) is 18.4 Å². The fourth-order valence-electron chi connectivity index (χ4n) is 0. The van der Waals surface area contributed by atoms with Gasteiger partial charge in [0.25, 0.3) is 0 Å². The Kier molecular flexibility index (Phi) is 29.4. The van der Waals surface area contributed by atoms with Crippen molar-refractivity contribution in [3.05, 3.63) is 6.92 Å². The summed E-state index contributed by atoms with van der Waals surface area (Å²) in [5, 5.41) is 0. The zero-order valence-electron chi connectivity index (χ0n) is 5.09. The SMILES string of the molecule is N[C-]=O.[CH2-]CC(N)=O.[Rf]. The quantitative estimate of drug-likeness (QED) is 0.436. The third-order valence-electron chi connectivity index (χ3n) is 0.246. The van der Waals surface area contributed by atoms with Gasteiger partial charge in [0.2, 0.25) is 0 Å². The Morgan fingerprint density at radius 3 is 1.78 bits per heavy atom. The zero-order valence-corrected chi connectivity index (χ0v) is 11.5. The molecule has 5 heteroatoms. The van der Waals surface area contributed by atoms with E-state index in [0.29, 0.717) is 0 Å². The average molecular weight is 383 g/mol. The molecule has 4 nitrogen and oxygen atoms in total. The van der Waals surface area contributed by atoms with Crippen molar-refractivity contribution in [1.29, 1.82) is 0 Å². The number of primary amides is 2. The second-order valence-corrected chi connectivity index (χ2v) is 0.834. The topological polar surface area (TPSA) is 86.2 Å². The van der Waals surface area contributed by atoms with Crippen LogP contribution in [0.5, 0.6) is 0 Å². The molecule has 0 aliphatic heterocycles. The predicted octanol–water partition coefficient (Wildman–Crippen LogP) is -1.29. The monoisotopic (exact) mass is 383 g/mol. The van der Waals surface area contributed by atoms with Gasteiger partial charge >= 0.3 is 0 Å². The molecule has 0 rings (SSSR count). The van der Waals surface area contributed by atoms with Crippen LogP contribution in [-0.2, 0) is 9.59 Å². The molecule has 0 aromatic carbocycles. The van der Waals surface area contributed by atoms with Crippen molar-refractivity contribution in [2.24, 2.45) is 11.5 Å². The van der Waals surface area contributed by atoms with Crippen LogP contribution in [0.4, 0.5) is 0 Å². The van der Waals surface area contributed by atoms with Gasteiger partial charge in [-0.2, -0.15) is 6.41 Å². The van der Waals surface area contributed by atoms with Crippen LogP contribution in [0, 0.1) is 6.92 Å². The van der Waals surface area contributed by atoms with E-state index in [1.54, 1.807) is 0 Å². The summed E-state index contributed by atoms with van der Waals surface area (Å²) < 4.78 is 0. The number of carbonyl (C=O) groups is 1. The third-order valence-corrected chi connectivity index (χ3v) is 0.246. The predicted molar refractivity (Wildman–Crippen MR) is 29.0 cm³/mol. The van der Waals surface area contributed by atoms with E-state index in [0.717, 1.165) is 6.41 Å². The summed E-state index contributed by atoms with van der Waals surface area (Å²) in [4.78, 5) is 18.0. The van der Waals surface area contributed by atoms with Crippen LogP contribution in [0.15, 0.2) is 0 Å². The van der Waals surface area contributed by atoms with Gasteiger partial charge in [-0.05, 0) is 0 Å². The maximum Gasteiger partial charge on any atom is 0.187 e. The van der Waals surface area contributed by atoms with Gasteiger partial charge < -0.3 is 23.2 Å². The Balaban J connectivity index is -0.0000000800. The molecule has 0 aliphatic rings. The molecule has 0 unspecified atom stereocenters. The molecule has 4 N–H and O–H groups in total. The van der Waals surface area contributed by atoms with Gasteiger partial charge in [0.1, 0.15) is 0 Å². The van der Waals surface area contributed by atoms with Gasteiger partial charge in [-0.1, -0.05) is 0 Å². The Hall–Kier alpha value is -2.06. The Morgan fingerprint density at radius 2 is 1.78 bits per heavy atom. The van der Waals surface area contributed by atoms with Crippen molar-refractivity contribution in [2.75, 3.05) is 0 Å². The van der Waals surface area contributed by atoms with E-state index in [1.807, 2.05) is 0 Å². The molecule has 0 saturated carbocycles. The first kappa shape index (κ1) is 15.8. The maximum atomic E-state index is 9.53. The number of amides is 2. The number of carbonyl (C=O) groups excluding carboxylic acids is 2. The van der Waals surface area contributed by atoms with Crippen LogP contribution < -0.4 is 11.5 Å². The standard InChI is InChI=1S/C3H6NO.CH2NO.Rf/c1-2-3(4)5;2-1-3;/h1-2H2,(H2,4,5);(H2,2,3);/q2*-1;. The molecule has 2 amide bonds. The minimum absolute atomic E-state index is 0. The zero-order chi connectivity index (χ0) is 6.99. The van der Waals surface area contributed by atoms with Crippen molar-refractivity contribution in [3.63, 3.8) is 0 Å². The molecule has 0 aliphatic carbocycles. The summed E-state index contributed by atoms with van der Waals surface area (Å²) in [6, 6.07) is 0. The van der Waals surface area contributed by atoms with E-state index in [1.165, 1.54) is 0 Å². The Morgan fingerprint density at radius 1 is 1.67 bits per heavy atom. The summed E-state index contributed by atoms with van der Waals surface area (Å²) >= 11 is 0. The molecule has 0 bridgehead atoms. The van der Waals surface area contributed by atoms with Gasteiger partial charge in [0.05, 0.1) is 0 Å². The minimum Gasteiger partial charge on any atom is -0.543 e. The van der Waals surface area contributed by atoms with E-state index in [4.69, 9.17) is 4.79 Å². The Bertz CT molecular complexity index is 77.0. The van der Waals surface area contributed by atoms with Gasteiger partial charge in [-0.3, -0.25) is 4.79 Å². The second-order valence-electron chi connectivity index (χ2n) is 0.834. The molecule has 0 aromatic rings. The minimum atomic E-state index is -0.356. The van der Waals surface area contributed by atoms with E-state index in [-0.39, 0.29) is 12.3 Å². The van der Waals surface area contributed by atoms with E-state index in [9.17, 15) is 4.79 Å². The number of hydrogen-bond acceptors (Lipinski definition) is 2. The first-order chi connectivity index (χ1) is 3.68. The van der Waals surface area contributed by atoms with E-state index < -0.39 is 0 Å². The van der Waals surface area contributed by atoms with Crippen LogP contribution in [0.1, 0.15) is 6.42 Å². The summed E-state index contributed by atoms with van der Waals surface area (Å²) in [7, 11) is 0. The van der Waals surface area contributed by atoms with Gasteiger partial charge in [0.15, 0.2) is 5.91 Å². The third kappa shape index (κ3) is 25600. The molecular formula is C4H8N2O2Rf-2. The number of hydrogen-bond donors (Lipinski definition) is 2. The van der Waals surface area contributed by atoms with Crippen molar-refractivity contribution < 1.29 is 9.59 Å². The summed E-state index contributed by atoms with van der Waals surface area (Å²) in [5.41, 5.74) is 8.63. The Labute approximate surface area is 47.8 Å². The molecule has 0 saturated heterocycles. The van der Waals surface area contributed by atoms with Crippen LogP contribution in [0.2, 0.25) is 0 Å². The largest absolute Gasteiger partial charge is 0.543 e. The molecule has 0 radical (unpaired) electrons. The summed E-state index contributed by atoms with van der Waals surface area (Å²) in [6.45, 7) is 3.21. The van der Waals surface area contributed by atoms with Crippen molar-refractivity contribution in [2.45, 2.75) is 6.42 Å². The fraction of sp³-hybridized carbons (Fsp3) is 0.250. The first-order valence-corrected chi connectivity index (χ1v) is 1.84. The maximum absolute atomic E-state index is 9.53. The van der Waals surface area contributed by atoms with Gasteiger partial charge in [-0.25, -0.2) is 0 Å². The molecule has 0 heterocycles. The van der Waals surface area contributed by atoms with Crippen LogP contribution >= 0.6 is 0 Å². The fourth-order valence-corrected chi connectivity index (χ4v) is 0. The molecule has 0 atom stereocenters. The molecule has 0 spiro atoms. The molecule has 0 fully saturated rings.